The van der Waals surface area contributed by atoms with Crippen LogP contribution < -0.4 is 5.32 Å². The van der Waals surface area contributed by atoms with Gasteiger partial charge in [-0.05, 0) is 19.8 Å². The number of hydrogen-bond donors (Lipinski definition) is 1. The zero-order valence-corrected chi connectivity index (χ0v) is 11.2. The highest BCUT2D eigenvalue weighted by Crippen LogP contribution is 2.23. The SMILES string of the molecule is COC(OC)C(C)NC(=O)C1CCCCCC1. The predicted octanol–water partition coefficient (Wildman–Crippen LogP) is 2.08. The molecule has 1 saturated carbocycles. The van der Waals surface area contributed by atoms with E-state index in [0.717, 1.165) is 12.8 Å². The number of amides is 1. The van der Waals surface area contributed by atoms with Crippen molar-refractivity contribution in [3.8, 4) is 0 Å². The van der Waals surface area contributed by atoms with E-state index in [1.54, 1.807) is 14.2 Å². The molecule has 100 valence electrons. The average molecular weight is 243 g/mol. The van der Waals surface area contributed by atoms with Gasteiger partial charge in [-0.2, -0.15) is 0 Å². The summed E-state index contributed by atoms with van der Waals surface area (Å²) in [6, 6.07) is -0.110. The first-order valence-corrected chi connectivity index (χ1v) is 6.55. The average Bonchev–Trinajstić information content (AvgIpc) is 2.59. The lowest BCUT2D eigenvalue weighted by atomic mass is 9.99. The number of carbonyl (C=O) groups excluding carboxylic acids is 1. The molecular weight excluding hydrogens is 218 g/mol. The Kier molecular flexibility index (Phi) is 6.52. The number of rotatable bonds is 5. The molecule has 0 spiro atoms. The number of ether oxygens (including phenoxy) is 2. The first-order chi connectivity index (χ1) is 8.19. The van der Waals surface area contributed by atoms with Gasteiger partial charge in [0.2, 0.25) is 5.91 Å². The van der Waals surface area contributed by atoms with Crippen molar-refractivity contribution in [1.82, 2.24) is 5.32 Å². The van der Waals surface area contributed by atoms with Crippen molar-refractivity contribution >= 4 is 5.91 Å². The highest BCUT2D eigenvalue weighted by molar-refractivity contribution is 5.78. The Morgan fingerprint density at radius 2 is 1.65 bits per heavy atom. The van der Waals surface area contributed by atoms with Gasteiger partial charge < -0.3 is 14.8 Å². The third-order valence-corrected chi connectivity index (χ3v) is 3.47. The second-order valence-electron chi connectivity index (χ2n) is 4.83. The second-order valence-corrected chi connectivity index (χ2v) is 4.83. The van der Waals surface area contributed by atoms with E-state index in [9.17, 15) is 4.79 Å². The first-order valence-electron chi connectivity index (χ1n) is 6.55. The van der Waals surface area contributed by atoms with Gasteiger partial charge in [0.1, 0.15) is 0 Å². The van der Waals surface area contributed by atoms with Crippen molar-refractivity contribution in [3.63, 3.8) is 0 Å². The van der Waals surface area contributed by atoms with Crippen LogP contribution in [0.3, 0.4) is 0 Å². The molecular formula is C13H25NO3. The van der Waals surface area contributed by atoms with Crippen LogP contribution in [-0.4, -0.2) is 32.5 Å². The highest BCUT2D eigenvalue weighted by atomic mass is 16.7. The molecule has 0 saturated heterocycles. The van der Waals surface area contributed by atoms with Crippen LogP contribution in [0.15, 0.2) is 0 Å². The van der Waals surface area contributed by atoms with Gasteiger partial charge in [-0.3, -0.25) is 4.79 Å². The van der Waals surface area contributed by atoms with E-state index in [-0.39, 0.29) is 24.2 Å². The van der Waals surface area contributed by atoms with E-state index in [0.29, 0.717) is 0 Å². The van der Waals surface area contributed by atoms with Gasteiger partial charge in [-0.15, -0.1) is 0 Å². The summed E-state index contributed by atoms with van der Waals surface area (Å²) in [6.07, 6.45) is 6.53. The Labute approximate surface area is 104 Å². The largest absolute Gasteiger partial charge is 0.354 e. The fourth-order valence-corrected chi connectivity index (χ4v) is 2.46. The second kappa shape index (κ2) is 7.67. The van der Waals surface area contributed by atoms with Crippen molar-refractivity contribution in [1.29, 1.82) is 0 Å². The first kappa shape index (κ1) is 14.5. The molecule has 0 aliphatic heterocycles. The highest BCUT2D eigenvalue weighted by Gasteiger charge is 2.24. The lowest BCUT2D eigenvalue weighted by Gasteiger charge is -2.24. The van der Waals surface area contributed by atoms with Crippen molar-refractivity contribution in [3.05, 3.63) is 0 Å². The van der Waals surface area contributed by atoms with Crippen LogP contribution in [0.25, 0.3) is 0 Å². The summed E-state index contributed by atoms with van der Waals surface area (Å²) in [4.78, 5) is 12.1. The van der Waals surface area contributed by atoms with E-state index >= 15 is 0 Å². The van der Waals surface area contributed by atoms with E-state index in [1.807, 2.05) is 6.92 Å². The van der Waals surface area contributed by atoms with Gasteiger partial charge in [0.25, 0.3) is 0 Å². The van der Waals surface area contributed by atoms with Crippen LogP contribution in [0.2, 0.25) is 0 Å². The lowest BCUT2D eigenvalue weighted by molar-refractivity contribution is -0.138. The van der Waals surface area contributed by atoms with Crippen LogP contribution in [0, 0.1) is 5.92 Å². The molecule has 17 heavy (non-hydrogen) atoms. The minimum atomic E-state index is -0.371. The van der Waals surface area contributed by atoms with E-state index in [1.165, 1.54) is 25.7 Å². The molecule has 1 aliphatic rings. The number of nitrogens with one attached hydrogen (secondary N) is 1. The van der Waals surface area contributed by atoms with Gasteiger partial charge in [-0.1, -0.05) is 25.7 Å². The fourth-order valence-electron chi connectivity index (χ4n) is 2.46. The Bertz CT molecular complexity index is 221. The summed E-state index contributed by atoms with van der Waals surface area (Å²) in [6.45, 7) is 1.91. The minimum absolute atomic E-state index is 0.110. The fraction of sp³-hybridized carbons (Fsp3) is 0.923. The Hall–Kier alpha value is -0.610. The zero-order valence-electron chi connectivity index (χ0n) is 11.2. The molecule has 1 unspecified atom stereocenters. The third-order valence-electron chi connectivity index (χ3n) is 3.47. The van der Waals surface area contributed by atoms with Crippen LogP contribution >= 0.6 is 0 Å². The van der Waals surface area contributed by atoms with Crippen molar-refractivity contribution in [2.45, 2.75) is 57.8 Å². The van der Waals surface area contributed by atoms with Gasteiger partial charge in [0.15, 0.2) is 6.29 Å². The van der Waals surface area contributed by atoms with Crippen LogP contribution in [0.4, 0.5) is 0 Å². The molecule has 4 heteroatoms. The molecule has 1 rings (SSSR count). The molecule has 1 aliphatic carbocycles. The Morgan fingerprint density at radius 3 is 2.12 bits per heavy atom. The van der Waals surface area contributed by atoms with Gasteiger partial charge in [0, 0.05) is 20.1 Å². The molecule has 4 nitrogen and oxygen atoms in total. The quantitative estimate of drug-likeness (QED) is 0.594. The van der Waals surface area contributed by atoms with Crippen LogP contribution in [0.5, 0.6) is 0 Å². The summed E-state index contributed by atoms with van der Waals surface area (Å²) >= 11 is 0. The summed E-state index contributed by atoms with van der Waals surface area (Å²) in [5, 5.41) is 2.99. The maximum absolute atomic E-state index is 12.1. The molecule has 0 aromatic rings. The molecule has 0 aromatic heterocycles. The standard InChI is InChI=1S/C13H25NO3/c1-10(13(16-2)17-3)14-12(15)11-8-6-4-5-7-9-11/h10-11,13H,4-9H2,1-3H3,(H,14,15). The van der Waals surface area contributed by atoms with Crippen molar-refractivity contribution < 1.29 is 14.3 Å². The molecule has 1 amide bonds. The number of carbonyl (C=O) groups is 1. The third kappa shape index (κ3) is 4.64. The van der Waals surface area contributed by atoms with Crippen LogP contribution in [0.1, 0.15) is 45.4 Å². The van der Waals surface area contributed by atoms with E-state index in [4.69, 9.17) is 9.47 Å². The Balaban J connectivity index is 2.41. The molecule has 1 atom stereocenters. The number of hydrogen-bond acceptors (Lipinski definition) is 3. The molecule has 0 bridgehead atoms. The summed E-state index contributed by atoms with van der Waals surface area (Å²) in [5.41, 5.74) is 0. The molecule has 0 aromatic carbocycles. The van der Waals surface area contributed by atoms with Gasteiger partial charge in [-0.25, -0.2) is 0 Å². The lowest BCUT2D eigenvalue weighted by Crippen LogP contribution is -2.45. The zero-order chi connectivity index (χ0) is 12.7. The van der Waals surface area contributed by atoms with Gasteiger partial charge in [0.05, 0.1) is 6.04 Å². The smallest absolute Gasteiger partial charge is 0.223 e. The topological polar surface area (TPSA) is 47.6 Å². The maximum Gasteiger partial charge on any atom is 0.223 e. The van der Waals surface area contributed by atoms with Crippen LogP contribution in [-0.2, 0) is 14.3 Å². The molecule has 0 radical (unpaired) electrons. The summed E-state index contributed by atoms with van der Waals surface area (Å²) in [7, 11) is 3.17. The monoisotopic (exact) mass is 243 g/mol. The molecule has 1 fully saturated rings. The van der Waals surface area contributed by atoms with Crippen molar-refractivity contribution in [2.24, 2.45) is 5.92 Å². The summed E-state index contributed by atoms with van der Waals surface area (Å²) in [5.74, 6) is 0.327. The molecule has 0 heterocycles. The van der Waals surface area contributed by atoms with E-state index in [2.05, 4.69) is 5.32 Å². The van der Waals surface area contributed by atoms with Gasteiger partial charge >= 0.3 is 0 Å². The number of methoxy groups -OCH3 is 2. The minimum Gasteiger partial charge on any atom is -0.354 e. The maximum atomic E-state index is 12.1. The predicted molar refractivity (Wildman–Crippen MR) is 66.6 cm³/mol. The Morgan fingerprint density at radius 1 is 1.12 bits per heavy atom. The normalized spacial score (nSPS) is 20.0. The van der Waals surface area contributed by atoms with E-state index < -0.39 is 0 Å². The molecule has 1 N–H and O–H groups in total. The van der Waals surface area contributed by atoms with Crippen molar-refractivity contribution in [2.75, 3.05) is 14.2 Å². The summed E-state index contributed by atoms with van der Waals surface area (Å²) < 4.78 is 10.3.